The highest BCUT2D eigenvalue weighted by Crippen LogP contribution is 2.45. The van der Waals surface area contributed by atoms with Crippen molar-refractivity contribution in [3.05, 3.63) is 57.5 Å². The number of benzene rings is 1. The molecule has 1 aromatic heterocycles. The number of fused-ring (bicyclic) bond motifs is 2. The summed E-state index contributed by atoms with van der Waals surface area (Å²) in [6.07, 6.45) is 5.18. The van der Waals surface area contributed by atoms with Crippen LogP contribution in [0, 0.1) is 5.92 Å². The van der Waals surface area contributed by atoms with Crippen molar-refractivity contribution in [3.63, 3.8) is 0 Å². The summed E-state index contributed by atoms with van der Waals surface area (Å²) in [6, 6.07) is 8.26. The Morgan fingerprint density at radius 1 is 1.14 bits per heavy atom. The van der Waals surface area contributed by atoms with Gasteiger partial charge in [-0.15, -0.1) is 0 Å². The van der Waals surface area contributed by atoms with Crippen molar-refractivity contribution in [2.24, 2.45) is 5.92 Å². The minimum Gasteiger partial charge on any atom is -0.372 e. The van der Waals surface area contributed by atoms with Gasteiger partial charge in [-0.05, 0) is 44.2 Å². The molecule has 0 saturated heterocycles. The molecule has 2 atom stereocenters. The average Bonchev–Trinajstić information content (AvgIpc) is 2.74. The van der Waals surface area contributed by atoms with Gasteiger partial charge in [0.25, 0.3) is 5.56 Å². The van der Waals surface area contributed by atoms with E-state index in [0.29, 0.717) is 23.0 Å². The summed E-state index contributed by atoms with van der Waals surface area (Å²) in [5, 5.41) is 3.85. The van der Waals surface area contributed by atoms with Crippen LogP contribution in [0.1, 0.15) is 43.7 Å². The molecule has 1 aromatic carbocycles. The second-order valence-electron chi connectivity index (χ2n) is 7.35. The number of nitrogens with one attached hydrogen (secondary N) is 2. The maximum Gasteiger partial charge on any atom is 0.257 e. The largest absolute Gasteiger partial charge is 0.372 e. The Morgan fingerprint density at radius 2 is 1.86 bits per heavy atom. The highest BCUT2D eigenvalue weighted by molar-refractivity contribution is 7.98. The molecule has 0 saturated carbocycles. The summed E-state index contributed by atoms with van der Waals surface area (Å²) in [6.45, 7) is 6.13. The number of H-pyrrole nitrogens is 1. The van der Waals surface area contributed by atoms with Gasteiger partial charge >= 0.3 is 0 Å². The van der Waals surface area contributed by atoms with Crippen LogP contribution in [-0.4, -0.2) is 35.1 Å². The highest BCUT2D eigenvalue weighted by atomic mass is 32.2. The second-order valence-corrected chi connectivity index (χ2v) is 8.14. The molecule has 2 aliphatic rings. The molecular weight excluding hydrogens is 384 g/mol. The van der Waals surface area contributed by atoms with E-state index >= 15 is 0 Å². The van der Waals surface area contributed by atoms with Gasteiger partial charge in [-0.3, -0.25) is 9.59 Å². The third-order valence-corrected chi connectivity index (χ3v) is 6.43. The molecular formula is C22H26N4O2S. The predicted molar refractivity (Wildman–Crippen MR) is 118 cm³/mol. The van der Waals surface area contributed by atoms with Gasteiger partial charge in [-0.25, -0.2) is 4.98 Å². The zero-order valence-corrected chi connectivity index (χ0v) is 17.8. The summed E-state index contributed by atoms with van der Waals surface area (Å²) in [5.74, 6) is 0.0433. The van der Waals surface area contributed by atoms with E-state index in [9.17, 15) is 9.59 Å². The van der Waals surface area contributed by atoms with Crippen LogP contribution in [0.25, 0.3) is 0 Å². The van der Waals surface area contributed by atoms with Crippen LogP contribution in [0.4, 0.5) is 11.5 Å². The van der Waals surface area contributed by atoms with Gasteiger partial charge in [0.05, 0.1) is 11.5 Å². The maximum atomic E-state index is 13.0. The number of anilines is 2. The number of carbonyl (C=O) groups is 1. The van der Waals surface area contributed by atoms with Gasteiger partial charge in [0.15, 0.2) is 5.16 Å². The molecule has 0 fully saturated rings. The molecule has 0 spiro atoms. The summed E-state index contributed by atoms with van der Waals surface area (Å²) in [4.78, 5) is 35.6. The number of nitrogens with zero attached hydrogens (tertiary/aromatic N) is 2. The molecule has 4 rings (SSSR count). The number of thioether (sulfide) groups is 1. The molecule has 6 nitrogen and oxygen atoms in total. The topological polar surface area (TPSA) is 78.1 Å². The molecule has 29 heavy (non-hydrogen) atoms. The van der Waals surface area contributed by atoms with Crippen molar-refractivity contribution in [1.82, 2.24) is 9.97 Å². The summed E-state index contributed by atoms with van der Waals surface area (Å²) in [5.41, 5.74) is 3.36. The minimum atomic E-state index is -0.362. The van der Waals surface area contributed by atoms with Crippen LogP contribution in [0.2, 0.25) is 0 Å². The first-order valence-electron chi connectivity index (χ1n) is 10.1. The fraction of sp³-hybridized carbons (Fsp3) is 0.409. The molecule has 0 radical (unpaired) electrons. The number of allylic oxidation sites excluding steroid dienone is 2. The number of hydrogen-bond acceptors (Lipinski definition) is 6. The Bertz CT molecular complexity index is 1010. The summed E-state index contributed by atoms with van der Waals surface area (Å²) < 4.78 is 0. The molecule has 0 unspecified atom stereocenters. The lowest BCUT2D eigenvalue weighted by Crippen LogP contribution is -2.38. The maximum absolute atomic E-state index is 13.0. The van der Waals surface area contributed by atoms with Crippen LogP contribution >= 0.6 is 11.8 Å². The Labute approximate surface area is 174 Å². The smallest absolute Gasteiger partial charge is 0.257 e. The number of hydrogen-bond donors (Lipinski definition) is 2. The Morgan fingerprint density at radius 3 is 2.52 bits per heavy atom. The first-order chi connectivity index (χ1) is 14.1. The first-order valence-corrected chi connectivity index (χ1v) is 11.3. The molecule has 152 valence electrons. The van der Waals surface area contributed by atoms with Crippen LogP contribution in [0.3, 0.4) is 0 Å². The Balaban J connectivity index is 1.86. The van der Waals surface area contributed by atoms with Gasteiger partial charge in [-0.1, -0.05) is 30.0 Å². The van der Waals surface area contributed by atoms with Crippen molar-refractivity contribution in [1.29, 1.82) is 0 Å². The van der Waals surface area contributed by atoms with Gasteiger partial charge in [0.1, 0.15) is 11.6 Å². The van der Waals surface area contributed by atoms with Crippen LogP contribution < -0.4 is 15.8 Å². The van der Waals surface area contributed by atoms with Crippen LogP contribution in [0.5, 0.6) is 0 Å². The SMILES string of the molecule is CCN(CC)c1ccc([C@H]2c3c(nc(SC)[nH]c3=O)NC3=CCCC(=O)[C@@H]32)cc1. The molecule has 1 aliphatic heterocycles. The van der Waals surface area contributed by atoms with Crippen LogP contribution in [0.15, 0.2) is 46.0 Å². The highest BCUT2D eigenvalue weighted by Gasteiger charge is 2.42. The fourth-order valence-corrected chi connectivity index (χ4v) is 4.78. The molecule has 0 amide bonds. The van der Waals surface area contributed by atoms with Crippen molar-refractivity contribution >= 4 is 29.1 Å². The predicted octanol–water partition coefficient (Wildman–Crippen LogP) is 3.76. The minimum absolute atomic E-state index is 0.173. The third-order valence-electron chi connectivity index (χ3n) is 5.85. The second kappa shape index (κ2) is 8.06. The normalized spacial score (nSPS) is 20.4. The number of aromatic amines is 1. The van der Waals surface area contributed by atoms with E-state index < -0.39 is 0 Å². The molecule has 2 N–H and O–H groups in total. The standard InChI is InChI=1S/C22H26N4O2S/c1-4-26(5-2)14-11-9-13(10-12-14)17-18-15(7-6-8-16(18)27)23-20-19(17)21(28)25-22(24-20)29-3/h7,9-12,17-18H,4-6,8H2,1-3H3,(H2,23,24,25,28)/t17-,18-/m1/s1. The van der Waals surface area contributed by atoms with Crippen molar-refractivity contribution < 1.29 is 4.79 Å². The zero-order valence-electron chi connectivity index (χ0n) is 17.0. The Kier molecular flexibility index (Phi) is 5.50. The van der Waals surface area contributed by atoms with Crippen molar-refractivity contribution in [2.45, 2.75) is 37.8 Å². The third kappa shape index (κ3) is 3.48. The molecule has 2 aromatic rings. The molecule has 7 heteroatoms. The van der Waals surface area contributed by atoms with Gasteiger partial charge in [0, 0.05) is 36.8 Å². The van der Waals surface area contributed by atoms with Gasteiger partial charge in [0.2, 0.25) is 0 Å². The van der Waals surface area contributed by atoms with Gasteiger partial charge in [-0.2, -0.15) is 0 Å². The summed E-state index contributed by atoms with van der Waals surface area (Å²) in [7, 11) is 0. The van der Waals surface area contributed by atoms with E-state index in [4.69, 9.17) is 0 Å². The number of carbonyl (C=O) groups excluding carboxylic acids is 1. The average molecular weight is 411 g/mol. The number of Topliss-reactive ketones (excluding diaryl/α,β-unsaturated/α-hetero) is 1. The van der Waals surface area contributed by atoms with Crippen molar-refractivity contribution in [2.75, 3.05) is 29.6 Å². The summed E-state index contributed by atoms with van der Waals surface area (Å²) >= 11 is 1.39. The monoisotopic (exact) mass is 410 g/mol. The zero-order chi connectivity index (χ0) is 20.5. The lowest BCUT2D eigenvalue weighted by atomic mass is 9.72. The molecule has 1 aliphatic carbocycles. The fourth-order valence-electron chi connectivity index (χ4n) is 4.41. The molecule has 0 bridgehead atoms. The van der Waals surface area contributed by atoms with E-state index in [0.717, 1.165) is 36.5 Å². The lowest BCUT2D eigenvalue weighted by molar-refractivity contribution is -0.122. The number of aromatic nitrogens is 2. The van der Waals surface area contributed by atoms with E-state index in [-0.39, 0.29) is 23.2 Å². The van der Waals surface area contributed by atoms with E-state index in [1.54, 1.807) is 0 Å². The number of ketones is 1. The lowest BCUT2D eigenvalue weighted by Gasteiger charge is -2.36. The first kappa shape index (κ1) is 19.8. The van der Waals surface area contributed by atoms with Gasteiger partial charge < -0.3 is 15.2 Å². The number of rotatable bonds is 5. The van der Waals surface area contributed by atoms with Crippen LogP contribution in [-0.2, 0) is 4.79 Å². The van der Waals surface area contributed by atoms with E-state index in [1.807, 2.05) is 6.26 Å². The quantitative estimate of drug-likeness (QED) is 0.577. The molecule has 2 heterocycles. The van der Waals surface area contributed by atoms with E-state index in [1.165, 1.54) is 11.8 Å². The van der Waals surface area contributed by atoms with E-state index in [2.05, 4.69) is 64.4 Å². The van der Waals surface area contributed by atoms with Crippen molar-refractivity contribution in [3.8, 4) is 0 Å². The Hall–Kier alpha value is -2.54.